The fourth-order valence-corrected chi connectivity index (χ4v) is 2.52. The lowest BCUT2D eigenvalue weighted by molar-refractivity contribution is 0.861. The van der Waals surface area contributed by atoms with Crippen LogP contribution in [0.5, 0.6) is 0 Å². The molecule has 0 unspecified atom stereocenters. The van der Waals surface area contributed by atoms with E-state index >= 15 is 0 Å². The molecule has 0 spiro atoms. The molecule has 0 aliphatic rings. The van der Waals surface area contributed by atoms with Gasteiger partial charge in [0.25, 0.3) is 0 Å². The molecule has 2 aromatic rings. The van der Waals surface area contributed by atoms with Crippen molar-refractivity contribution >= 4 is 14.1 Å². The van der Waals surface area contributed by atoms with Crippen LogP contribution in [0.1, 0.15) is 5.69 Å². The van der Waals surface area contributed by atoms with Crippen molar-refractivity contribution in [1.82, 2.24) is 19.6 Å². The van der Waals surface area contributed by atoms with E-state index in [4.69, 9.17) is 0 Å². The number of aromatic nitrogens is 4. The lowest BCUT2D eigenvalue weighted by Crippen LogP contribution is -2.35. The number of hydrogen-bond donors (Lipinski definition) is 0. The van der Waals surface area contributed by atoms with Crippen LogP contribution in [-0.4, -0.2) is 28.6 Å². The normalized spacial score (nSPS) is 10.8. The fraction of sp³-hybridized carbons (Fsp3) is 0.222. The van der Waals surface area contributed by atoms with E-state index in [-0.39, 0.29) is 0 Å². The van der Waals surface area contributed by atoms with Gasteiger partial charge in [0.05, 0.1) is 6.20 Å². The zero-order valence-electron chi connectivity index (χ0n) is 8.18. The van der Waals surface area contributed by atoms with E-state index in [0.29, 0.717) is 0 Å². The largest absolute Gasteiger partial charge is 0.277 e. The van der Waals surface area contributed by atoms with Gasteiger partial charge in [0.1, 0.15) is 0 Å². The van der Waals surface area contributed by atoms with Gasteiger partial charge >= 0.3 is 0 Å². The standard InChI is InChI=1S/C9H11N4Si/c1-8-3-4-9(7-10-8)14(2)13-6-5-11-12-13/h3-7H,1-2H3. The van der Waals surface area contributed by atoms with Crippen LogP contribution in [0.2, 0.25) is 6.55 Å². The van der Waals surface area contributed by atoms with Gasteiger partial charge in [-0.3, -0.25) is 9.33 Å². The topological polar surface area (TPSA) is 43.6 Å². The van der Waals surface area contributed by atoms with Crippen molar-refractivity contribution < 1.29 is 0 Å². The Morgan fingerprint density at radius 3 is 2.79 bits per heavy atom. The van der Waals surface area contributed by atoms with Crippen molar-refractivity contribution in [3.63, 3.8) is 0 Å². The van der Waals surface area contributed by atoms with Gasteiger partial charge in [-0.15, -0.1) is 5.10 Å². The molecule has 14 heavy (non-hydrogen) atoms. The molecule has 2 heterocycles. The summed E-state index contributed by atoms with van der Waals surface area (Å²) in [5.41, 5.74) is 1.04. The Morgan fingerprint density at radius 2 is 2.21 bits per heavy atom. The molecule has 1 radical (unpaired) electrons. The average Bonchev–Trinajstić information content (AvgIpc) is 2.71. The van der Waals surface area contributed by atoms with E-state index in [9.17, 15) is 0 Å². The van der Waals surface area contributed by atoms with Crippen molar-refractivity contribution in [2.24, 2.45) is 0 Å². The minimum absolute atomic E-state index is 0.838. The zero-order chi connectivity index (χ0) is 9.97. The summed E-state index contributed by atoms with van der Waals surface area (Å²) in [4.78, 5) is 4.27. The van der Waals surface area contributed by atoms with Crippen LogP contribution in [0.25, 0.3) is 0 Å². The molecule has 2 aromatic heterocycles. The Kier molecular flexibility index (Phi) is 2.40. The Labute approximate surface area is 84.3 Å². The molecule has 0 atom stereocenters. The molecule has 4 nitrogen and oxygen atoms in total. The molecule has 2 rings (SSSR count). The maximum atomic E-state index is 4.27. The quantitative estimate of drug-likeness (QED) is 0.662. The van der Waals surface area contributed by atoms with Crippen LogP contribution >= 0.6 is 0 Å². The minimum Gasteiger partial charge on any atom is -0.277 e. The SMILES string of the molecule is Cc1ccc([Si](C)n2ccnn2)cn1. The second kappa shape index (κ2) is 3.71. The summed E-state index contributed by atoms with van der Waals surface area (Å²) >= 11 is 0. The predicted molar refractivity (Wildman–Crippen MR) is 55.6 cm³/mol. The van der Waals surface area contributed by atoms with Crippen LogP contribution in [0.4, 0.5) is 0 Å². The Bertz CT molecular complexity index is 395. The summed E-state index contributed by atoms with van der Waals surface area (Å²) in [6.45, 7) is 4.16. The third-order valence-corrected chi connectivity index (χ3v) is 4.15. The van der Waals surface area contributed by atoms with Crippen LogP contribution in [-0.2, 0) is 0 Å². The highest BCUT2D eigenvalue weighted by Crippen LogP contribution is 1.92. The van der Waals surface area contributed by atoms with Crippen molar-refractivity contribution in [1.29, 1.82) is 0 Å². The highest BCUT2D eigenvalue weighted by molar-refractivity contribution is 6.70. The molecule has 71 valence electrons. The van der Waals surface area contributed by atoms with Crippen molar-refractivity contribution in [2.45, 2.75) is 13.5 Å². The van der Waals surface area contributed by atoms with E-state index in [1.165, 1.54) is 5.19 Å². The number of aryl methyl sites for hydroxylation is 1. The molecule has 0 N–H and O–H groups in total. The molecule has 0 aliphatic heterocycles. The second-order valence-corrected chi connectivity index (χ2v) is 5.33. The Balaban J connectivity index is 2.28. The molecule has 0 saturated heterocycles. The van der Waals surface area contributed by atoms with E-state index in [2.05, 4.69) is 27.9 Å². The van der Waals surface area contributed by atoms with Gasteiger partial charge in [0.2, 0.25) is 8.96 Å². The van der Waals surface area contributed by atoms with Gasteiger partial charge in [-0.1, -0.05) is 11.3 Å². The van der Waals surface area contributed by atoms with Crippen molar-refractivity contribution in [3.05, 3.63) is 36.4 Å². The first-order chi connectivity index (χ1) is 6.77. The summed E-state index contributed by atoms with van der Waals surface area (Å²) < 4.78 is 1.91. The summed E-state index contributed by atoms with van der Waals surface area (Å²) in [5, 5.41) is 9.05. The van der Waals surface area contributed by atoms with Crippen molar-refractivity contribution in [3.8, 4) is 0 Å². The molecule has 0 aromatic carbocycles. The van der Waals surface area contributed by atoms with Gasteiger partial charge in [-0.05, 0) is 24.7 Å². The Hall–Kier alpha value is -1.49. The first-order valence-corrected chi connectivity index (χ1v) is 6.35. The van der Waals surface area contributed by atoms with E-state index in [1.807, 2.05) is 29.7 Å². The summed E-state index contributed by atoms with van der Waals surface area (Å²) in [7, 11) is -0.838. The van der Waals surface area contributed by atoms with Crippen LogP contribution in [0.3, 0.4) is 0 Å². The van der Waals surface area contributed by atoms with Gasteiger partial charge in [0.15, 0.2) is 0 Å². The average molecular weight is 203 g/mol. The third-order valence-electron chi connectivity index (χ3n) is 2.10. The fourth-order valence-electron chi connectivity index (χ4n) is 1.20. The van der Waals surface area contributed by atoms with E-state index in [0.717, 1.165) is 5.69 Å². The lowest BCUT2D eigenvalue weighted by atomic mass is 10.4. The molecule has 5 heteroatoms. The van der Waals surface area contributed by atoms with E-state index < -0.39 is 8.96 Å². The predicted octanol–water partition coefficient (Wildman–Crippen LogP) is 0.358. The van der Waals surface area contributed by atoms with E-state index in [1.54, 1.807) is 6.20 Å². The molecular formula is C9H11N4Si. The summed E-state index contributed by atoms with van der Waals surface area (Å²) in [5.74, 6) is 0. The first kappa shape index (κ1) is 9.08. The van der Waals surface area contributed by atoms with Gasteiger partial charge < -0.3 is 0 Å². The highest BCUT2D eigenvalue weighted by Gasteiger charge is 2.11. The maximum Gasteiger partial charge on any atom is 0.235 e. The third kappa shape index (κ3) is 1.72. The number of hydrogen-bond acceptors (Lipinski definition) is 3. The monoisotopic (exact) mass is 203 g/mol. The van der Waals surface area contributed by atoms with Crippen LogP contribution < -0.4 is 5.19 Å². The smallest absolute Gasteiger partial charge is 0.235 e. The van der Waals surface area contributed by atoms with Gasteiger partial charge in [0, 0.05) is 18.1 Å². The zero-order valence-corrected chi connectivity index (χ0v) is 9.18. The number of pyridine rings is 1. The second-order valence-electron chi connectivity index (χ2n) is 3.12. The van der Waals surface area contributed by atoms with Crippen LogP contribution in [0, 0.1) is 6.92 Å². The lowest BCUT2D eigenvalue weighted by Gasteiger charge is -2.07. The molecular weight excluding hydrogens is 192 g/mol. The summed E-state index contributed by atoms with van der Waals surface area (Å²) in [6.07, 6.45) is 5.52. The molecule has 0 saturated carbocycles. The maximum absolute atomic E-state index is 4.27. The molecule has 0 aliphatic carbocycles. The summed E-state index contributed by atoms with van der Waals surface area (Å²) in [6, 6.07) is 4.14. The number of rotatable bonds is 2. The highest BCUT2D eigenvalue weighted by atomic mass is 28.3. The molecule has 0 bridgehead atoms. The van der Waals surface area contributed by atoms with Crippen LogP contribution in [0.15, 0.2) is 30.7 Å². The number of nitrogens with zero attached hydrogens (tertiary/aromatic N) is 4. The Morgan fingerprint density at radius 1 is 1.36 bits per heavy atom. The molecule has 0 amide bonds. The minimum atomic E-state index is -0.838. The first-order valence-electron chi connectivity index (χ1n) is 4.40. The van der Waals surface area contributed by atoms with Crippen molar-refractivity contribution in [2.75, 3.05) is 0 Å². The van der Waals surface area contributed by atoms with Gasteiger partial charge in [-0.2, -0.15) is 0 Å². The van der Waals surface area contributed by atoms with Gasteiger partial charge in [-0.25, -0.2) is 0 Å². The molecule has 0 fully saturated rings.